The van der Waals surface area contributed by atoms with Crippen LogP contribution in [0.3, 0.4) is 0 Å². The van der Waals surface area contributed by atoms with Crippen molar-refractivity contribution in [1.82, 2.24) is 4.83 Å². The Bertz CT molecular complexity index is 625. The molecule has 0 aliphatic carbocycles. The first-order chi connectivity index (χ1) is 12.9. The normalized spacial score (nSPS) is 11.8. The van der Waals surface area contributed by atoms with Crippen LogP contribution in [-0.2, 0) is 10.0 Å². The first-order valence-corrected chi connectivity index (χ1v) is 11.9. The second-order valence-corrected chi connectivity index (χ2v) is 9.16. The van der Waals surface area contributed by atoms with Crippen LogP contribution in [0.5, 0.6) is 0 Å². The van der Waals surface area contributed by atoms with E-state index in [2.05, 4.69) is 16.9 Å². The highest BCUT2D eigenvalue weighted by atomic mass is 32.2. The SMILES string of the molecule is CCCCCCCCCCCCS(=O)(=O)N/N=C\c1ccc(N(C)C)cc1. The molecule has 154 valence electrons. The molecule has 0 saturated heterocycles. The lowest BCUT2D eigenvalue weighted by molar-refractivity contribution is 0.555. The lowest BCUT2D eigenvalue weighted by Crippen LogP contribution is -2.21. The summed E-state index contributed by atoms with van der Waals surface area (Å²) >= 11 is 0. The first kappa shape index (κ1) is 23.5. The highest BCUT2D eigenvalue weighted by Gasteiger charge is 2.07. The summed E-state index contributed by atoms with van der Waals surface area (Å²) in [7, 11) is 0.617. The predicted molar refractivity (Wildman–Crippen MR) is 117 cm³/mol. The van der Waals surface area contributed by atoms with Gasteiger partial charge in [0.15, 0.2) is 0 Å². The molecule has 0 unspecified atom stereocenters. The minimum absolute atomic E-state index is 0.139. The van der Waals surface area contributed by atoms with Gasteiger partial charge in [-0.15, -0.1) is 0 Å². The van der Waals surface area contributed by atoms with Crippen LogP contribution in [0.25, 0.3) is 0 Å². The van der Waals surface area contributed by atoms with E-state index in [1.54, 1.807) is 0 Å². The number of anilines is 1. The van der Waals surface area contributed by atoms with Gasteiger partial charge < -0.3 is 4.90 Å². The van der Waals surface area contributed by atoms with Gasteiger partial charge in [0.1, 0.15) is 0 Å². The van der Waals surface area contributed by atoms with Crippen LogP contribution < -0.4 is 9.73 Å². The molecule has 6 heteroatoms. The topological polar surface area (TPSA) is 61.8 Å². The van der Waals surface area contributed by atoms with Gasteiger partial charge in [-0.1, -0.05) is 76.8 Å². The summed E-state index contributed by atoms with van der Waals surface area (Å²) in [6.07, 6.45) is 13.4. The van der Waals surface area contributed by atoms with Crippen molar-refractivity contribution in [2.45, 2.75) is 71.1 Å². The van der Waals surface area contributed by atoms with Gasteiger partial charge in [-0.25, -0.2) is 13.2 Å². The summed E-state index contributed by atoms with van der Waals surface area (Å²) in [5.41, 5.74) is 1.95. The Morgan fingerprint density at radius 1 is 0.889 bits per heavy atom. The van der Waals surface area contributed by atoms with Crippen molar-refractivity contribution in [3.8, 4) is 0 Å². The van der Waals surface area contributed by atoms with Gasteiger partial charge in [0.05, 0.1) is 12.0 Å². The molecular weight excluding hydrogens is 358 g/mol. The molecule has 5 nitrogen and oxygen atoms in total. The van der Waals surface area contributed by atoms with E-state index in [0.717, 1.165) is 24.1 Å². The van der Waals surface area contributed by atoms with Crippen molar-refractivity contribution in [2.75, 3.05) is 24.7 Å². The highest BCUT2D eigenvalue weighted by molar-refractivity contribution is 7.89. The fourth-order valence-electron chi connectivity index (χ4n) is 2.86. The zero-order valence-electron chi connectivity index (χ0n) is 17.3. The fourth-order valence-corrected chi connectivity index (χ4v) is 3.75. The quantitative estimate of drug-likeness (QED) is 0.260. The largest absolute Gasteiger partial charge is 0.378 e. The van der Waals surface area contributed by atoms with Crippen LogP contribution >= 0.6 is 0 Å². The lowest BCUT2D eigenvalue weighted by atomic mass is 10.1. The number of benzene rings is 1. The average Bonchev–Trinajstić information content (AvgIpc) is 2.63. The zero-order valence-corrected chi connectivity index (χ0v) is 18.1. The Morgan fingerprint density at radius 2 is 1.41 bits per heavy atom. The molecule has 0 aliphatic heterocycles. The van der Waals surface area contributed by atoms with Crippen molar-refractivity contribution >= 4 is 21.9 Å². The fraction of sp³-hybridized carbons (Fsp3) is 0.667. The number of nitrogens with one attached hydrogen (secondary N) is 1. The Kier molecular flexibility index (Phi) is 11.8. The third-order valence-electron chi connectivity index (χ3n) is 4.58. The summed E-state index contributed by atoms with van der Waals surface area (Å²) in [5, 5.41) is 3.88. The monoisotopic (exact) mass is 395 g/mol. The molecule has 0 saturated carbocycles. The predicted octanol–water partition coefficient (Wildman–Crippen LogP) is 4.93. The van der Waals surface area contributed by atoms with Crippen LogP contribution in [0, 0.1) is 0 Å². The molecule has 0 atom stereocenters. The maximum absolute atomic E-state index is 12.0. The van der Waals surface area contributed by atoms with Crippen molar-refractivity contribution in [1.29, 1.82) is 0 Å². The summed E-state index contributed by atoms with van der Waals surface area (Å²) < 4.78 is 23.9. The number of hydrogen-bond acceptors (Lipinski definition) is 4. The van der Waals surface area contributed by atoms with Crippen LogP contribution in [0.4, 0.5) is 5.69 Å². The minimum Gasteiger partial charge on any atom is -0.378 e. The van der Waals surface area contributed by atoms with E-state index < -0.39 is 10.0 Å². The molecule has 1 rings (SSSR count). The van der Waals surface area contributed by atoms with Gasteiger partial charge >= 0.3 is 0 Å². The number of nitrogens with zero attached hydrogens (tertiary/aromatic N) is 2. The minimum atomic E-state index is -3.34. The Hall–Kier alpha value is -1.56. The molecule has 0 heterocycles. The van der Waals surface area contributed by atoms with Gasteiger partial charge in [-0.05, 0) is 24.1 Å². The first-order valence-electron chi connectivity index (χ1n) is 10.2. The average molecular weight is 396 g/mol. The molecule has 0 amide bonds. The summed E-state index contributed by atoms with van der Waals surface area (Å²) in [5.74, 6) is 0.139. The van der Waals surface area contributed by atoms with Gasteiger partial charge in [-0.2, -0.15) is 5.10 Å². The van der Waals surface area contributed by atoms with Crippen LogP contribution in [0.2, 0.25) is 0 Å². The third kappa shape index (κ3) is 11.7. The van der Waals surface area contributed by atoms with E-state index >= 15 is 0 Å². The number of hydrogen-bond donors (Lipinski definition) is 1. The molecule has 27 heavy (non-hydrogen) atoms. The summed E-state index contributed by atoms with van der Waals surface area (Å²) in [6.45, 7) is 2.23. The van der Waals surface area contributed by atoms with E-state index in [-0.39, 0.29) is 5.75 Å². The Labute approximate surface area is 166 Å². The molecule has 0 radical (unpaired) electrons. The smallest absolute Gasteiger partial charge is 0.247 e. The van der Waals surface area contributed by atoms with Crippen LogP contribution in [0.15, 0.2) is 29.4 Å². The summed E-state index contributed by atoms with van der Waals surface area (Å²) in [4.78, 5) is 4.32. The number of hydrazone groups is 1. The van der Waals surface area contributed by atoms with E-state index in [1.165, 1.54) is 51.2 Å². The van der Waals surface area contributed by atoms with Gasteiger partial charge in [-0.3, -0.25) is 0 Å². The molecular formula is C21H37N3O2S. The van der Waals surface area contributed by atoms with Crippen molar-refractivity contribution in [2.24, 2.45) is 5.10 Å². The van der Waals surface area contributed by atoms with Crippen molar-refractivity contribution < 1.29 is 8.42 Å². The van der Waals surface area contributed by atoms with Crippen molar-refractivity contribution in [3.05, 3.63) is 29.8 Å². The molecule has 0 bridgehead atoms. The van der Waals surface area contributed by atoms with Gasteiger partial charge in [0, 0.05) is 19.8 Å². The molecule has 0 aromatic heterocycles. The molecule has 1 aromatic carbocycles. The number of sulfonamides is 1. The number of rotatable bonds is 15. The van der Waals surface area contributed by atoms with Gasteiger partial charge in [0.2, 0.25) is 10.0 Å². The number of unbranched alkanes of at least 4 members (excludes halogenated alkanes) is 9. The van der Waals surface area contributed by atoms with Crippen LogP contribution in [-0.4, -0.2) is 34.5 Å². The van der Waals surface area contributed by atoms with Gasteiger partial charge in [0.25, 0.3) is 0 Å². The molecule has 1 aromatic rings. The van der Waals surface area contributed by atoms with E-state index in [1.807, 2.05) is 43.3 Å². The highest BCUT2D eigenvalue weighted by Crippen LogP contribution is 2.12. The van der Waals surface area contributed by atoms with E-state index in [0.29, 0.717) is 6.42 Å². The molecule has 0 spiro atoms. The molecule has 1 N–H and O–H groups in total. The maximum Gasteiger partial charge on any atom is 0.247 e. The standard InChI is InChI=1S/C21H37N3O2S/c1-4-5-6-7-8-9-10-11-12-13-18-27(25,26)23-22-19-20-14-16-21(17-15-20)24(2)3/h14-17,19,23H,4-13,18H2,1-3H3/b22-19-. The zero-order chi connectivity index (χ0) is 20.0. The second kappa shape index (κ2) is 13.6. The lowest BCUT2D eigenvalue weighted by Gasteiger charge is -2.11. The third-order valence-corrected chi connectivity index (χ3v) is 5.79. The van der Waals surface area contributed by atoms with E-state index in [4.69, 9.17) is 0 Å². The van der Waals surface area contributed by atoms with Crippen LogP contribution in [0.1, 0.15) is 76.7 Å². The molecule has 0 fully saturated rings. The maximum atomic E-state index is 12.0. The molecule has 0 aliphatic rings. The Balaban J connectivity index is 2.15. The Morgan fingerprint density at radius 3 is 1.93 bits per heavy atom. The van der Waals surface area contributed by atoms with Crippen molar-refractivity contribution in [3.63, 3.8) is 0 Å². The summed E-state index contributed by atoms with van der Waals surface area (Å²) in [6, 6.07) is 7.77. The second-order valence-electron chi connectivity index (χ2n) is 7.34. The van der Waals surface area contributed by atoms with E-state index in [9.17, 15) is 8.42 Å².